The van der Waals surface area contributed by atoms with Crippen molar-refractivity contribution in [3.05, 3.63) is 41.7 Å². The van der Waals surface area contributed by atoms with Gasteiger partial charge in [0.25, 0.3) is 5.91 Å². The molecular formula is C34H49N7O5. The number of nitrogens with two attached hydrogens (primary N) is 1. The number of amides is 2. The van der Waals surface area contributed by atoms with Crippen LogP contribution < -0.4 is 21.3 Å². The third kappa shape index (κ3) is 7.71. The Balaban J connectivity index is 1.33. The second-order valence-electron chi connectivity index (χ2n) is 14.1. The number of piperidine rings is 2. The number of anilines is 3. The molecule has 1 aromatic heterocycles. The van der Waals surface area contributed by atoms with Crippen molar-refractivity contribution in [2.24, 2.45) is 5.73 Å². The van der Waals surface area contributed by atoms with Crippen molar-refractivity contribution in [1.82, 2.24) is 20.2 Å². The van der Waals surface area contributed by atoms with E-state index in [2.05, 4.69) is 39.6 Å². The summed E-state index contributed by atoms with van der Waals surface area (Å²) in [7, 11) is 1.30. The standard InChI is InChI=1S/C34H49N7O5/c1-33(2,3)46-32(44)38-25-11-8-18-41(28(25)31(43)45-5)26-21-36-27(29(35)42)30(39-26)37-23-14-12-22(13-15-23)34(4)16-19-40(20-17-34)24-9-6-7-10-24/h12-15,21,24-25,28H,6-11,16-20H2,1-5H3,(H2,35,42)(H,37,39)(H,38,44). The lowest BCUT2D eigenvalue weighted by atomic mass is 9.74. The smallest absolute Gasteiger partial charge is 0.407 e. The molecule has 0 bridgehead atoms. The zero-order valence-electron chi connectivity index (χ0n) is 27.8. The van der Waals surface area contributed by atoms with Crippen LogP contribution in [-0.4, -0.2) is 83.3 Å². The molecule has 3 fully saturated rings. The highest BCUT2D eigenvalue weighted by molar-refractivity contribution is 5.96. The van der Waals surface area contributed by atoms with E-state index in [-0.39, 0.29) is 16.9 Å². The van der Waals surface area contributed by atoms with Crippen LogP contribution in [0.2, 0.25) is 0 Å². The topological polar surface area (TPSA) is 152 Å². The number of primary amides is 1. The van der Waals surface area contributed by atoms with Crippen LogP contribution in [0.5, 0.6) is 0 Å². The van der Waals surface area contributed by atoms with Gasteiger partial charge in [0, 0.05) is 18.3 Å². The van der Waals surface area contributed by atoms with Gasteiger partial charge in [-0.1, -0.05) is 31.9 Å². The lowest BCUT2D eigenvalue weighted by molar-refractivity contribution is -0.143. The van der Waals surface area contributed by atoms with Gasteiger partial charge >= 0.3 is 12.1 Å². The lowest BCUT2D eigenvalue weighted by Gasteiger charge is -2.42. The summed E-state index contributed by atoms with van der Waals surface area (Å²) in [6.45, 7) is 10.4. The van der Waals surface area contributed by atoms with E-state index in [4.69, 9.17) is 20.2 Å². The summed E-state index contributed by atoms with van der Waals surface area (Å²) in [5, 5.41) is 6.06. The molecule has 2 amide bonds. The molecule has 2 unspecified atom stereocenters. The van der Waals surface area contributed by atoms with E-state index in [0.29, 0.717) is 25.2 Å². The summed E-state index contributed by atoms with van der Waals surface area (Å²) >= 11 is 0. The summed E-state index contributed by atoms with van der Waals surface area (Å²) in [4.78, 5) is 51.5. The van der Waals surface area contributed by atoms with Crippen LogP contribution in [0.15, 0.2) is 30.5 Å². The quantitative estimate of drug-likeness (QED) is 0.350. The minimum absolute atomic E-state index is 0.0193. The predicted octanol–water partition coefficient (Wildman–Crippen LogP) is 4.65. The van der Waals surface area contributed by atoms with Crippen molar-refractivity contribution in [3.63, 3.8) is 0 Å². The third-order valence-electron chi connectivity index (χ3n) is 9.65. The maximum absolute atomic E-state index is 13.1. The summed E-state index contributed by atoms with van der Waals surface area (Å²) in [6.07, 6.45) is 9.61. The van der Waals surface area contributed by atoms with E-state index in [1.807, 2.05) is 12.1 Å². The van der Waals surface area contributed by atoms with Gasteiger partial charge in [-0.3, -0.25) is 4.79 Å². The SMILES string of the molecule is COC(=O)C1C(NC(=O)OC(C)(C)C)CCCN1c1cnc(C(N)=O)c(Nc2ccc(C3(C)CCN(C4CCCC4)CC3)cc2)n1. The Labute approximate surface area is 271 Å². The summed E-state index contributed by atoms with van der Waals surface area (Å²) in [5.74, 6) is -0.738. The van der Waals surface area contributed by atoms with Gasteiger partial charge in [-0.15, -0.1) is 0 Å². The van der Waals surface area contributed by atoms with Crippen LogP contribution in [0.4, 0.5) is 22.1 Å². The first-order valence-electron chi connectivity index (χ1n) is 16.5. The Morgan fingerprint density at radius 2 is 1.67 bits per heavy atom. The number of esters is 1. The van der Waals surface area contributed by atoms with E-state index < -0.39 is 35.7 Å². The third-order valence-corrected chi connectivity index (χ3v) is 9.65. The molecule has 2 aromatic rings. The molecule has 46 heavy (non-hydrogen) atoms. The molecule has 1 aliphatic carbocycles. The zero-order valence-corrected chi connectivity index (χ0v) is 27.8. The molecule has 1 aromatic carbocycles. The van der Waals surface area contributed by atoms with Crippen molar-refractivity contribution in [3.8, 4) is 0 Å². The highest BCUT2D eigenvalue weighted by Crippen LogP contribution is 2.38. The van der Waals surface area contributed by atoms with Crippen LogP contribution in [-0.2, 0) is 19.7 Å². The van der Waals surface area contributed by atoms with Crippen molar-refractivity contribution >= 4 is 35.3 Å². The number of nitrogens with one attached hydrogen (secondary N) is 2. The number of aromatic nitrogens is 2. The van der Waals surface area contributed by atoms with Gasteiger partial charge < -0.3 is 35.6 Å². The number of alkyl carbamates (subject to hydrolysis) is 1. The molecule has 1 saturated carbocycles. The number of methoxy groups -OCH3 is 1. The molecule has 3 heterocycles. The van der Waals surface area contributed by atoms with Crippen LogP contribution in [0.3, 0.4) is 0 Å². The van der Waals surface area contributed by atoms with E-state index in [9.17, 15) is 14.4 Å². The molecule has 2 atom stereocenters. The number of nitrogens with zero attached hydrogens (tertiary/aromatic N) is 4. The van der Waals surface area contributed by atoms with Crippen LogP contribution in [0, 0.1) is 0 Å². The number of hydrogen-bond donors (Lipinski definition) is 3. The fourth-order valence-electron chi connectivity index (χ4n) is 7.09. The molecule has 0 spiro atoms. The second kappa shape index (κ2) is 13.8. The Morgan fingerprint density at radius 3 is 2.28 bits per heavy atom. The monoisotopic (exact) mass is 635 g/mol. The molecule has 3 aliphatic rings. The van der Waals surface area contributed by atoms with E-state index >= 15 is 0 Å². The van der Waals surface area contributed by atoms with Gasteiger partial charge in [0.05, 0.1) is 19.3 Å². The number of hydrogen-bond acceptors (Lipinski definition) is 10. The average molecular weight is 636 g/mol. The van der Waals surface area contributed by atoms with Crippen LogP contribution in [0.25, 0.3) is 0 Å². The highest BCUT2D eigenvalue weighted by Gasteiger charge is 2.41. The molecule has 2 saturated heterocycles. The minimum Gasteiger partial charge on any atom is -0.467 e. The second-order valence-corrected chi connectivity index (χ2v) is 14.1. The predicted molar refractivity (Wildman–Crippen MR) is 176 cm³/mol. The largest absolute Gasteiger partial charge is 0.467 e. The fraction of sp³-hybridized carbons (Fsp3) is 0.618. The number of carbonyl (C=O) groups excluding carboxylic acids is 3. The lowest BCUT2D eigenvalue weighted by Crippen LogP contribution is -2.60. The average Bonchev–Trinajstić information content (AvgIpc) is 3.55. The normalized spacial score (nSPS) is 22.2. The molecule has 0 radical (unpaired) electrons. The number of likely N-dealkylation sites (tertiary alicyclic amines) is 1. The van der Waals surface area contributed by atoms with Gasteiger partial charge in [-0.05, 0) is 95.5 Å². The minimum atomic E-state index is -0.882. The number of ether oxygens (including phenoxy) is 2. The maximum Gasteiger partial charge on any atom is 0.407 e. The van der Waals surface area contributed by atoms with Crippen molar-refractivity contribution in [2.45, 2.75) is 108 Å². The van der Waals surface area contributed by atoms with Gasteiger partial charge in [0.15, 0.2) is 11.5 Å². The number of rotatable bonds is 8. The molecule has 5 rings (SSSR count). The Hall–Kier alpha value is -3.93. The fourth-order valence-corrected chi connectivity index (χ4v) is 7.09. The first kappa shape index (κ1) is 33.4. The molecule has 2 aliphatic heterocycles. The van der Waals surface area contributed by atoms with Gasteiger partial charge in [0.2, 0.25) is 0 Å². The van der Waals surface area contributed by atoms with Gasteiger partial charge in [0.1, 0.15) is 17.5 Å². The first-order chi connectivity index (χ1) is 21.9. The molecule has 12 heteroatoms. The molecule has 4 N–H and O–H groups in total. The molecular weight excluding hydrogens is 586 g/mol. The highest BCUT2D eigenvalue weighted by atomic mass is 16.6. The molecule has 250 valence electrons. The number of benzene rings is 1. The van der Waals surface area contributed by atoms with Gasteiger partial charge in [-0.25, -0.2) is 19.6 Å². The Kier molecular flexibility index (Phi) is 10.0. The van der Waals surface area contributed by atoms with E-state index in [1.165, 1.54) is 44.6 Å². The Bertz CT molecular complexity index is 1400. The van der Waals surface area contributed by atoms with Crippen molar-refractivity contribution in [2.75, 3.05) is 37.0 Å². The van der Waals surface area contributed by atoms with Gasteiger partial charge in [-0.2, -0.15) is 0 Å². The molecule has 12 nitrogen and oxygen atoms in total. The number of carbonyl (C=O) groups is 3. The van der Waals surface area contributed by atoms with Crippen LogP contribution >= 0.6 is 0 Å². The zero-order chi connectivity index (χ0) is 33.1. The first-order valence-corrected chi connectivity index (χ1v) is 16.5. The Morgan fingerprint density at radius 1 is 1.00 bits per heavy atom. The van der Waals surface area contributed by atoms with Crippen molar-refractivity contribution in [1.29, 1.82) is 0 Å². The maximum atomic E-state index is 13.1. The van der Waals surface area contributed by atoms with E-state index in [1.54, 1.807) is 25.7 Å². The van der Waals surface area contributed by atoms with Crippen molar-refractivity contribution < 1.29 is 23.9 Å². The van der Waals surface area contributed by atoms with Crippen LogP contribution in [0.1, 0.15) is 95.1 Å². The summed E-state index contributed by atoms with van der Waals surface area (Å²) < 4.78 is 10.6. The van der Waals surface area contributed by atoms with E-state index in [0.717, 1.165) is 37.7 Å². The summed E-state index contributed by atoms with van der Waals surface area (Å²) in [5.41, 5.74) is 7.09. The summed E-state index contributed by atoms with van der Waals surface area (Å²) in [6, 6.07) is 7.54.